The average Bonchev–Trinajstić information content (AvgIpc) is 3.57. The number of hydrogen-bond donors (Lipinski definition) is 2. The van der Waals surface area contributed by atoms with Crippen molar-refractivity contribution in [2.45, 2.75) is 39.7 Å². The zero-order valence-corrected chi connectivity index (χ0v) is 21.1. The van der Waals surface area contributed by atoms with Gasteiger partial charge in [0, 0.05) is 23.7 Å². The molecule has 3 heterocycles. The summed E-state index contributed by atoms with van der Waals surface area (Å²) in [6.07, 6.45) is 6.08. The van der Waals surface area contributed by atoms with Gasteiger partial charge >= 0.3 is 11.7 Å². The van der Waals surface area contributed by atoms with Crippen LogP contribution in [0.4, 0.5) is 0 Å². The third-order valence-corrected chi connectivity index (χ3v) is 6.53. The molecule has 0 bridgehead atoms. The van der Waals surface area contributed by atoms with Crippen LogP contribution in [0, 0.1) is 6.92 Å². The van der Waals surface area contributed by atoms with E-state index in [1.54, 1.807) is 23.0 Å². The molecule has 0 aliphatic rings. The van der Waals surface area contributed by atoms with Crippen molar-refractivity contribution < 1.29 is 9.90 Å². The number of benzene rings is 2. The lowest BCUT2D eigenvalue weighted by atomic mass is 10.0. The van der Waals surface area contributed by atoms with Crippen LogP contribution in [-0.4, -0.2) is 45.8 Å². The van der Waals surface area contributed by atoms with E-state index in [1.807, 2.05) is 49.4 Å². The standard InChI is InChI=1S/C28H27N7O3/c1-3-4-8-21-17-35(25-18(2)7-5-9-23(25)27(36)37)28(38)34(21)16-19-11-13-20(14-12-19)22-10-6-15-29-24(22)26-30-32-33-31-26/h5-7,9-15,17H,3-4,8,16H2,1-2H3,(H,36,37)(H,30,31,32,33). The van der Waals surface area contributed by atoms with E-state index in [0.717, 1.165) is 47.2 Å². The Bertz CT molecular complexity index is 1630. The molecule has 0 atom stereocenters. The minimum Gasteiger partial charge on any atom is -0.478 e. The van der Waals surface area contributed by atoms with E-state index in [1.165, 1.54) is 10.6 Å². The molecule has 2 aromatic carbocycles. The van der Waals surface area contributed by atoms with Crippen molar-refractivity contribution in [1.82, 2.24) is 34.7 Å². The predicted molar refractivity (Wildman–Crippen MR) is 142 cm³/mol. The van der Waals surface area contributed by atoms with Gasteiger partial charge in [-0.25, -0.2) is 9.59 Å². The summed E-state index contributed by atoms with van der Waals surface area (Å²) < 4.78 is 3.21. The third kappa shape index (κ3) is 4.75. The van der Waals surface area contributed by atoms with E-state index in [0.29, 0.717) is 23.8 Å². The maximum absolute atomic E-state index is 13.7. The zero-order chi connectivity index (χ0) is 26.6. The van der Waals surface area contributed by atoms with E-state index in [9.17, 15) is 14.7 Å². The summed E-state index contributed by atoms with van der Waals surface area (Å²) in [5.41, 5.74) is 5.21. The fourth-order valence-corrected chi connectivity index (χ4v) is 4.62. The minimum atomic E-state index is -1.07. The lowest BCUT2D eigenvalue weighted by Gasteiger charge is -2.10. The van der Waals surface area contributed by atoms with Gasteiger partial charge in [0.2, 0.25) is 5.82 Å². The highest BCUT2D eigenvalue weighted by molar-refractivity contribution is 5.92. The fraction of sp³-hybridized carbons (Fsp3) is 0.214. The molecule has 5 rings (SSSR count). The van der Waals surface area contributed by atoms with Crippen LogP contribution >= 0.6 is 0 Å². The van der Waals surface area contributed by atoms with Crippen LogP contribution in [0.3, 0.4) is 0 Å². The number of aromatic carboxylic acids is 1. The van der Waals surface area contributed by atoms with Gasteiger partial charge in [-0.1, -0.05) is 55.8 Å². The lowest BCUT2D eigenvalue weighted by Crippen LogP contribution is -2.26. The van der Waals surface area contributed by atoms with Crippen molar-refractivity contribution >= 4 is 5.97 Å². The van der Waals surface area contributed by atoms with Crippen molar-refractivity contribution in [1.29, 1.82) is 0 Å². The number of imidazole rings is 1. The van der Waals surface area contributed by atoms with Gasteiger partial charge in [-0.05, 0) is 53.8 Å². The Labute approximate surface area is 218 Å². The number of para-hydroxylation sites is 1. The molecule has 0 spiro atoms. The number of pyridine rings is 1. The molecule has 0 radical (unpaired) electrons. The molecule has 0 aliphatic carbocycles. The molecule has 5 aromatic rings. The highest BCUT2D eigenvalue weighted by Crippen LogP contribution is 2.28. The summed E-state index contributed by atoms with van der Waals surface area (Å²) in [6.45, 7) is 4.28. The summed E-state index contributed by atoms with van der Waals surface area (Å²) in [4.78, 5) is 30.0. The summed E-state index contributed by atoms with van der Waals surface area (Å²) in [5.74, 6) is -0.653. The van der Waals surface area contributed by atoms with Gasteiger partial charge < -0.3 is 5.11 Å². The monoisotopic (exact) mass is 509 g/mol. The number of H-pyrrole nitrogens is 1. The normalized spacial score (nSPS) is 11.1. The third-order valence-electron chi connectivity index (χ3n) is 6.53. The number of hydrogen-bond acceptors (Lipinski definition) is 6. The predicted octanol–water partition coefficient (Wildman–Crippen LogP) is 4.28. The Balaban J connectivity index is 1.51. The van der Waals surface area contributed by atoms with Crippen LogP contribution in [0.2, 0.25) is 0 Å². The molecule has 0 fully saturated rings. The number of carbonyl (C=O) groups is 1. The molecule has 0 amide bonds. The van der Waals surface area contributed by atoms with Crippen molar-refractivity contribution in [3.8, 4) is 28.3 Å². The first kappa shape index (κ1) is 24.8. The van der Waals surface area contributed by atoms with E-state index >= 15 is 0 Å². The molecule has 192 valence electrons. The summed E-state index contributed by atoms with van der Waals surface area (Å²) in [6, 6.07) is 16.8. The smallest absolute Gasteiger partial charge is 0.337 e. The van der Waals surface area contributed by atoms with E-state index in [4.69, 9.17) is 0 Å². The second-order valence-corrected chi connectivity index (χ2v) is 9.07. The summed E-state index contributed by atoms with van der Waals surface area (Å²) in [5, 5.41) is 24.0. The molecule has 0 aliphatic heterocycles. The van der Waals surface area contributed by atoms with Crippen LogP contribution in [0.5, 0.6) is 0 Å². The first-order valence-electron chi connectivity index (χ1n) is 12.4. The highest BCUT2D eigenvalue weighted by atomic mass is 16.4. The Kier molecular flexibility index (Phi) is 6.94. The van der Waals surface area contributed by atoms with Crippen LogP contribution in [0.1, 0.15) is 46.9 Å². The van der Waals surface area contributed by atoms with Crippen molar-refractivity contribution in [2.24, 2.45) is 0 Å². The van der Waals surface area contributed by atoms with Gasteiger partial charge in [0.05, 0.1) is 17.8 Å². The maximum Gasteiger partial charge on any atom is 0.337 e. The number of tetrazole rings is 1. The van der Waals surface area contributed by atoms with Crippen molar-refractivity contribution in [3.63, 3.8) is 0 Å². The molecule has 0 saturated carbocycles. The molecule has 10 heteroatoms. The molecule has 0 unspecified atom stereocenters. The van der Waals surface area contributed by atoms with Gasteiger partial charge in [-0.2, -0.15) is 5.21 Å². The topological polar surface area (TPSA) is 132 Å². The van der Waals surface area contributed by atoms with Crippen molar-refractivity contribution in [3.05, 3.63) is 99.9 Å². The van der Waals surface area contributed by atoms with Gasteiger partial charge in [-0.15, -0.1) is 10.2 Å². The quantitative estimate of drug-likeness (QED) is 0.303. The number of aromatic nitrogens is 7. The first-order valence-corrected chi connectivity index (χ1v) is 12.4. The second kappa shape index (κ2) is 10.6. The summed E-state index contributed by atoms with van der Waals surface area (Å²) >= 11 is 0. The van der Waals surface area contributed by atoms with Gasteiger partial charge in [0.1, 0.15) is 5.69 Å². The first-order chi connectivity index (χ1) is 18.5. The Morgan fingerprint density at radius 3 is 2.61 bits per heavy atom. The van der Waals surface area contributed by atoms with E-state index in [2.05, 4.69) is 32.5 Å². The number of aromatic amines is 1. The number of nitrogens with zero attached hydrogens (tertiary/aromatic N) is 6. The molecular weight excluding hydrogens is 482 g/mol. The number of rotatable bonds is 9. The molecule has 10 nitrogen and oxygen atoms in total. The van der Waals surface area contributed by atoms with Crippen LogP contribution < -0.4 is 5.69 Å². The lowest BCUT2D eigenvalue weighted by molar-refractivity contribution is 0.0696. The molecule has 2 N–H and O–H groups in total. The number of carboxylic acid groups (broad SMARTS) is 1. The minimum absolute atomic E-state index is 0.101. The van der Waals surface area contributed by atoms with E-state index in [-0.39, 0.29) is 11.3 Å². The van der Waals surface area contributed by atoms with Crippen LogP contribution in [0.15, 0.2) is 71.8 Å². The number of carboxylic acids is 1. The molecule has 3 aromatic heterocycles. The van der Waals surface area contributed by atoms with E-state index < -0.39 is 5.97 Å². The zero-order valence-electron chi connectivity index (χ0n) is 21.1. The van der Waals surface area contributed by atoms with Gasteiger partial charge in [0.25, 0.3) is 0 Å². The Morgan fingerprint density at radius 1 is 1.08 bits per heavy atom. The largest absolute Gasteiger partial charge is 0.478 e. The highest BCUT2D eigenvalue weighted by Gasteiger charge is 2.20. The maximum atomic E-state index is 13.7. The second-order valence-electron chi connectivity index (χ2n) is 9.07. The van der Waals surface area contributed by atoms with Gasteiger partial charge in [-0.3, -0.25) is 14.1 Å². The number of aryl methyl sites for hydroxylation is 2. The van der Waals surface area contributed by atoms with Crippen LogP contribution in [-0.2, 0) is 13.0 Å². The number of nitrogens with one attached hydrogen (secondary N) is 1. The Morgan fingerprint density at radius 2 is 1.89 bits per heavy atom. The number of unbranched alkanes of at least 4 members (excludes halogenated alkanes) is 1. The molecular formula is C28H27N7O3. The van der Waals surface area contributed by atoms with Crippen LogP contribution in [0.25, 0.3) is 28.3 Å². The molecule has 38 heavy (non-hydrogen) atoms. The SMILES string of the molecule is CCCCc1cn(-c2c(C)cccc2C(=O)O)c(=O)n1Cc1ccc(-c2cccnc2-c2nn[nH]n2)cc1. The Hall–Kier alpha value is -4.86. The van der Waals surface area contributed by atoms with Gasteiger partial charge in [0.15, 0.2) is 0 Å². The fourth-order valence-electron chi connectivity index (χ4n) is 4.62. The molecule has 0 saturated heterocycles. The summed E-state index contributed by atoms with van der Waals surface area (Å²) in [7, 11) is 0. The average molecular weight is 510 g/mol. The van der Waals surface area contributed by atoms with Crippen molar-refractivity contribution in [2.75, 3.05) is 0 Å².